The second-order valence-electron chi connectivity index (χ2n) is 7.44. The lowest BCUT2D eigenvalue weighted by molar-refractivity contribution is 0.0933. The molecule has 1 aromatic carbocycles. The highest BCUT2D eigenvalue weighted by atomic mass is 16.5. The number of nitrogens with one attached hydrogen (secondary N) is 1. The highest BCUT2D eigenvalue weighted by Gasteiger charge is 2.25. The number of rotatable bonds is 6. The third-order valence-electron chi connectivity index (χ3n) is 5.29. The van der Waals surface area contributed by atoms with E-state index in [1.165, 1.54) is 4.57 Å². The van der Waals surface area contributed by atoms with Gasteiger partial charge in [-0.2, -0.15) is 4.98 Å². The van der Waals surface area contributed by atoms with E-state index in [1.807, 2.05) is 31.2 Å². The first-order valence-corrected chi connectivity index (χ1v) is 9.76. The summed E-state index contributed by atoms with van der Waals surface area (Å²) >= 11 is 0. The van der Waals surface area contributed by atoms with Crippen molar-refractivity contribution in [3.8, 4) is 5.75 Å². The van der Waals surface area contributed by atoms with Gasteiger partial charge in [0.2, 0.25) is 5.95 Å². The Balaban J connectivity index is 1.67. The van der Waals surface area contributed by atoms with Crippen molar-refractivity contribution in [2.75, 3.05) is 24.6 Å². The van der Waals surface area contributed by atoms with Crippen LogP contribution in [0.25, 0.3) is 11.2 Å². The average Bonchev–Trinajstić information content (AvgIpc) is 3.34. The molecule has 1 fully saturated rings. The lowest BCUT2D eigenvalue weighted by Gasteiger charge is -2.20. The number of para-hydroxylation sites is 1. The molecule has 154 valence electrons. The number of hydrogen-bond acceptors (Lipinski definition) is 6. The number of aromatic nitrogens is 4. The Bertz CT molecular complexity index is 1140. The maximum absolute atomic E-state index is 12.5. The highest BCUT2D eigenvalue weighted by Crippen LogP contribution is 2.24. The molecule has 0 amide bonds. The average molecular weight is 399 g/mol. The van der Waals surface area contributed by atoms with Crippen molar-refractivity contribution in [1.29, 1.82) is 0 Å². The Kier molecular flexibility index (Phi) is 5.14. The molecule has 0 aliphatic carbocycles. The van der Waals surface area contributed by atoms with Crippen molar-refractivity contribution in [3.63, 3.8) is 0 Å². The van der Waals surface area contributed by atoms with Crippen LogP contribution in [0, 0.1) is 6.92 Å². The lowest BCUT2D eigenvalue weighted by Crippen LogP contribution is -2.31. The predicted octanol–water partition coefficient (Wildman–Crippen LogP) is 0.772. The van der Waals surface area contributed by atoms with E-state index in [-0.39, 0.29) is 18.7 Å². The van der Waals surface area contributed by atoms with E-state index in [1.54, 1.807) is 11.6 Å². The number of hydrogen-bond donors (Lipinski definition) is 2. The van der Waals surface area contributed by atoms with Gasteiger partial charge in [-0.05, 0) is 31.4 Å². The van der Waals surface area contributed by atoms with E-state index in [4.69, 9.17) is 4.74 Å². The number of aliphatic hydroxyl groups is 1. The topological polar surface area (TPSA) is 105 Å². The minimum Gasteiger partial charge on any atom is -0.491 e. The highest BCUT2D eigenvalue weighted by molar-refractivity contribution is 5.74. The summed E-state index contributed by atoms with van der Waals surface area (Å²) in [4.78, 5) is 33.5. The van der Waals surface area contributed by atoms with Crippen LogP contribution in [-0.4, -0.2) is 50.0 Å². The second kappa shape index (κ2) is 7.75. The normalized spacial score (nSPS) is 15.2. The smallest absolute Gasteiger partial charge is 0.329 e. The molecule has 1 saturated heterocycles. The zero-order valence-electron chi connectivity index (χ0n) is 16.6. The number of aliphatic hydroxyl groups excluding tert-OH is 1. The van der Waals surface area contributed by atoms with Crippen molar-refractivity contribution in [2.45, 2.75) is 32.4 Å². The maximum atomic E-state index is 12.5. The fraction of sp³-hybridized carbons (Fsp3) is 0.450. The minimum atomic E-state index is -0.856. The van der Waals surface area contributed by atoms with Crippen LogP contribution >= 0.6 is 0 Å². The molecule has 0 bridgehead atoms. The van der Waals surface area contributed by atoms with Crippen LogP contribution in [0.15, 0.2) is 33.9 Å². The van der Waals surface area contributed by atoms with E-state index in [0.29, 0.717) is 17.3 Å². The van der Waals surface area contributed by atoms with Gasteiger partial charge >= 0.3 is 5.69 Å². The molecule has 3 aromatic rings. The number of aromatic amines is 1. The van der Waals surface area contributed by atoms with E-state index in [2.05, 4.69) is 14.9 Å². The van der Waals surface area contributed by atoms with Crippen LogP contribution in [-0.2, 0) is 13.6 Å². The summed E-state index contributed by atoms with van der Waals surface area (Å²) in [5, 5.41) is 10.6. The monoisotopic (exact) mass is 399 g/mol. The number of benzene rings is 1. The van der Waals surface area contributed by atoms with Gasteiger partial charge < -0.3 is 19.3 Å². The van der Waals surface area contributed by atoms with Gasteiger partial charge in [-0.25, -0.2) is 4.79 Å². The van der Waals surface area contributed by atoms with Crippen LogP contribution in [0.1, 0.15) is 18.4 Å². The van der Waals surface area contributed by atoms with Gasteiger partial charge in [-0.15, -0.1) is 0 Å². The molecule has 4 rings (SSSR count). The summed E-state index contributed by atoms with van der Waals surface area (Å²) in [6.45, 7) is 3.80. The van der Waals surface area contributed by atoms with Crippen molar-refractivity contribution >= 4 is 17.1 Å². The SMILES string of the molecule is Cc1ccccc1OCC(O)Cn1c(N2CCCC2)nc2c1c(=O)[nH]c(=O)n2C. The molecule has 2 N–H and O–H groups in total. The van der Waals surface area contributed by atoms with Crippen molar-refractivity contribution in [1.82, 2.24) is 19.1 Å². The maximum Gasteiger partial charge on any atom is 0.329 e. The number of H-pyrrole nitrogens is 1. The summed E-state index contributed by atoms with van der Waals surface area (Å²) in [5.74, 6) is 1.31. The van der Waals surface area contributed by atoms with E-state index < -0.39 is 17.4 Å². The molecule has 1 unspecified atom stereocenters. The number of anilines is 1. The van der Waals surface area contributed by atoms with E-state index in [9.17, 15) is 14.7 Å². The van der Waals surface area contributed by atoms with Gasteiger partial charge in [0.15, 0.2) is 11.2 Å². The fourth-order valence-electron chi connectivity index (χ4n) is 3.72. The lowest BCUT2D eigenvalue weighted by atomic mass is 10.2. The van der Waals surface area contributed by atoms with Crippen LogP contribution < -0.4 is 20.9 Å². The summed E-state index contributed by atoms with van der Waals surface area (Å²) in [7, 11) is 1.57. The number of ether oxygens (including phenoxy) is 1. The Labute approximate surface area is 167 Å². The van der Waals surface area contributed by atoms with Crippen LogP contribution in [0.2, 0.25) is 0 Å². The fourth-order valence-corrected chi connectivity index (χ4v) is 3.72. The second-order valence-corrected chi connectivity index (χ2v) is 7.44. The Morgan fingerprint density at radius 2 is 1.97 bits per heavy atom. The quantitative estimate of drug-likeness (QED) is 0.634. The van der Waals surface area contributed by atoms with Gasteiger partial charge in [0.05, 0.1) is 6.54 Å². The molecule has 1 atom stereocenters. The molecule has 9 heteroatoms. The Hall–Kier alpha value is -3.07. The van der Waals surface area contributed by atoms with Gasteiger partial charge in [0.1, 0.15) is 18.5 Å². The first-order chi connectivity index (χ1) is 14.0. The zero-order valence-corrected chi connectivity index (χ0v) is 16.6. The Morgan fingerprint density at radius 3 is 2.69 bits per heavy atom. The summed E-state index contributed by atoms with van der Waals surface area (Å²) in [6, 6.07) is 7.60. The molecule has 9 nitrogen and oxygen atoms in total. The summed E-state index contributed by atoms with van der Waals surface area (Å²) in [5.41, 5.74) is 0.560. The van der Waals surface area contributed by atoms with Gasteiger partial charge in [-0.3, -0.25) is 14.3 Å². The van der Waals surface area contributed by atoms with Crippen molar-refractivity contribution in [3.05, 3.63) is 50.7 Å². The first-order valence-electron chi connectivity index (χ1n) is 9.76. The minimum absolute atomic E-state index is 0.0770. The number of fused-ring (bicyclic) bond motifs is 1. The zero-order chi connectivity index (χ0) is 20.5. The van der Waals surface area contributed by atoms with Crippen LogP contribution in [0.5, 0.6) is 5.75 Å². The first kappa shape index (κ1) is 19.3. The van der Waals surface area contributed by atoms with Gasteiger partial charge in [0, 0.05) is 20.1 Å². The van der Waals surface area contributed by atoms with Crippen molar-refractivity contribution < 1.29 is 9.84 Å². The van der Waals surface area contributed by atoms with Crippen molar-refractivity contribution in [2.24, 2.45) is 7.05 Å². The van der Waals surface area contributed by atoms with Gasteiger partial charge in [-0.1, -0.05) is 18.2 Å². The number of imidazole rings is 1. The molecule has 3 heterocycles. The molecular weight excluding hydrogens is 374 g/mol. The molecule has 0 spiro atoms. The molecule has 0 saturated carbocycles. The molecule has 0 radical (unpaired) electrons. The van der Waals surface area contributed by atoms with Crippen LogP contribution in [0.3, 0.4) is 0 Å². The molecule has 29 heavy (non-hydrogen) atoms. The van der Waals surface area contributed by atoms with E-state index in [0.717, 1.165) is 31.5 Å². The number of aryl methyl sites for hydroxylation is 2. The molecular formula is C20H25N5O4. The number of nitrogens with zero attached hydrogens (tertiary/aromatic N) is 4. The van der Waals surface area contributed by atoms with Crippen LogP contribution in [0.4, 0.5) is 5.95 Å². The predicted molar refractivity (Wildman–Crippen MR) is 110 cm³/mol. The third-order valence-corrected chi connectivity index (χ3v) is 5.29. The van der Waals surface area contributed by atoms with Gasteiger partial charge in [0.25, 0.3) is 5.56 Å². The van der Waals surface area contributed by atoms with E-state index >= 15 is 0 Å². The standard InChI is InChI=1S/C20H25N5O4/c1-13-7-3-4-8-15(13)29-12-14(26)11-25-16-17(23(2)20(28)22-18(16)27)21-19(25)24-9-5-6-10-24/h3-4,7-8,14,26H,5-6,9-12H2,1-2H3,(H,22,27,28). The third kappa shape index (κ3) is 3.65. The summed E-state index contributed by atoms with van der Waals surface area (Å²) in [6.07, 6.45) is 1.22. The molecule has 2 aromatic heterocycles. The Morgan fingerprint density at radius 1 is 1.24 bits per heavy atom. The molecule has 1 aliphatic rings. The summed E-state index contributed by atoms with van der Waals surface area (Å²) < 4.78 is 8.78. The largest absolute Gasteiger partial charge is 0.491 e. The molecule has 1 aliphatic heterocycles.